The van der Waals surface area contributed by atoms with E-state index >= 15 is 0 Å². The number of hydrogen-bond donors (Lipinski definition) is 1. The fourth-order valence-electron chi connectivity index (χ4n) is 2.77. The Bertz CT molecular complexity index is 902. The summed E-state index contributed by atoms with van der Waals surface area (Å²) in [7, 11) is 0. The van der Waals surface area contributed by atoms with Gasteiger partial charge in [0.1, 0.15) is 5.75 Å². The fraction of sp³-hybridized carbons (Fsp3) is 0.286. The van der Waals surface area contributed by atoms with Gasteiger partial charge in [-0.05, 0) is 43.0 Å². The second-order valence-electron chi connectivity index (χ2n) is 6.69. The van der Waals surface area contributed by atoms with E-state index in [1.807, 2.05) is 42.5 Å². The third-order valence-electron chi connectivity index (χ3n) is 4.48. The van der Waals surface area contributed by atoms with E-state index in [4.69, 9.17) is 9.26 Å². The van der Waals surface area contributed by atoms with Crippen LogP contribution in [0.25, 0.3) is 11.1 Å². The lowest BCUT2D eigenvalue weighted by atomic mass is 10.1. The summed E-state index contributed by atoms with van der Waals surface area (Å²) in [6.45, 7) is 1.92. The minimum absolute atomic E-state index is 0.208. The van der Waals surface area contributed by atoms with E-state index < -0.39 is 6.10 Å². The van der Waals surface area contributed by atoms with Crippen molar-refractivity contribution >= 4 is 5.91 Å². The van der Waals surface area contributed by atoms with Gasteiger partial charge in [0.15, 0.2) is 11.9 Å². The van der Waals surface area contributed by atoms with Crippen molar-refractivity contribution < 1.29 is 14.1 Å². The summed E-state index contributed by atoms with van der Waals surface area (Å²) in [4.78, 5) is 16.5. The van der Waals surface area contributed by atoms with Crippen molar-refractivity contribution in [3.05, 3.63) is 66.3 Å². The molecule has 0 radical (unpaired) electrons. The average Bonchev–Trinajstić information content (AvgIpc) is 3.45. The number of nitrogens with zero attached hydrogens (tertiary/aromatic N) is 2. The van der Waals surface area contributed by atoms with Crippen molar-refractivity contribution in [1.29, 1.82) is 0 Å². The van der Waals surface area contributed by atoms with Crippen molar-refractivity contribution in [3.8, 4) is 16.9 Å². The van der Waals surface area contributed by atoms with Gasteiger partial charge in [-0.25, -0.2) is 0 Å². The standard InChI is InChI=1S/C21H21N3O3/c1-14(21(25)22-13-19-23-20(24-27-19)17-7-8-17)26-18-11-9-16(10-12-18)15-5-3-2-4-6-15/h2-6,9-12,14,17H,7-8,13H2,1H3,(H,22,25)/t14-/m0/s1. The topological polar surface area (TPSA) is 77.2 Å². The van der Waals surface area contributed by atoms with Crippen LogP contribution in [0.1, 0.15) is 37.4 Å². The third kappa shape index (κ3) is 4.34. The molecule has 6 heteroatoms. The quantitative estimate of drug-likeness (QED) is 0.693. The van der Waals surface area contributed by atoms with Crippen LogP contribution in [0.4, 0.5) is 0 Å². The van der Waals surface area contributed by atoms with Crippen LogP contribution in [0, 0.1) is 0 Å². The van der Waals surface area contributed by atoms with Crippen molar-refractivity contribution in [1.82, 2.24) is 15.5 Å². The van der Waals surface area contributed by atoms with E-state index in [2.05, 4.69) is 27.6 Å². The maximum atomic E-state index is 12.2. The van der Waals surface area contributed by atoms with Gasteiger partial charge >= 0.3 is 0 Å². The zero-order valence-electron chi connectivity index (χ0n) is 15.1. The number of carbonyl (C=O) groups is 1. The third-order valence-corrected chi connectivity index (χ3v) is 4.48. The highest BCUT2D eigenvalue weighted by Crippen LogP contribution is 2.38. The van der Waals surface area contributed by atoms with E-state index in [1.165, 1.54) is 0 Å². The Balaban J connectivity index is 1.29. The van der Waals surface area contributed by atoms with Crippen LogP contribution >= 0.6 is 0 Å². The Kier molecular flexibility index (Phi) is 4.87. The monoisotopic (exact) mass is 363 g/mol. The summed E-state index contributed by atoms with van der Waals surface area (Å²) in [5, 5.41) is 6.70. The van der Waals surface area contributed by atoms with Crippen LogP contribution < -0.4 is 10.1 Å². The van der Waals surface area contributed by atoms with Crippen LogP contribution in [0.15, 0.2) is 59.1 Å². The van der Waals surface area contributed by atoms with Crippen molar-refractivity contribution in [2.75, 3.05) is 0 Å². The molecular weight excluding hydrogens is 342 g/mol. The maximum Gasteiger partial charge on any atom is 0.261 e. The van der Waals surface area contributed by atoms with Crippen molar-refractivity contribution in [2.24, 2.45) is 0 Å². The molecule has 0 spiro atoms. The molecular formula is C21H21N3O3. The Hall–Kier alpha value is -3.15. The molecule has 3 aromatic rings. The molecule has 1 fully saturated rings. The molecule has 0 bridgehead atoms. The number of aromatic nitrogens is 2. The molecule has 1 aliphatic carbocycles. The van der Waals surface area contributed by atoms with Crippen molar-refractivity contribution in [3.63, 3.8) is 0 Å². The van der Waals surface area contributed by atoms with Gasteiger partial charge in [-0.1, -0.05) is 47.6 Å². The molecule has 4 rings (SSSR count). The molecule has 2 aromatic carbocycles. The molecule has 1 aromatic heterocycles. The number of nitrogens with one attached hydrogen (secondary N) is 1. The highest BCUT2D eigenvalue weighted by molar-refractivity contribution is 5.80. The minimum atomic E-state index is -0.626. The van der Waals surface area contributed by atoms with Gasteiger partial charge < -0.3 is 14.6 Å². The second kappa shape index (κ2) is 7.61. The van der Waals surface area contributed by atoms with Crippen LogP contribution in [0.5, 0.6) is 5.75 Å². The van der Waals surface area contributed by atoms with E-state index in [0.29, 0.717) is 17.6 Å². The van der Waals surface area contributed by atoms with Crippen LogP contribution in [0.2, 0.25) is 0 Å². The lowest BCUT2D eigenvalue weighted by molar-refractivity contribution is -0.127. The summed E-state index contributed by atoms with van der Waals surface area (Å²) in [5.41, 5.74) is 2.24. The van der Waals surface area contributed by atoms with Gasteiger partial charge in [-0.15, -0.1) is 0 Å². The van der Waals surface area contributed by atoms with E-state index in [-0.39, 0.29) is 12.5 Å². The summed E-state index contributed by atoms with van der Waals surface area (Å²) in [6, 6.07) is 17.8. The molecule has 138 valence electrons. The lowest BCUT2D eigenvalue weighted by Gasteiger charge is -2.14. The molecule has 0 unspecified atom stereocenters. The Labute approximate surface area is 157 Å². The predicted molar refractivity (Wildman–Crippen MR) is 100 cm³/mol. The SMILES string of the molecule is C[C@H](Oc1ccc(-c2ccccc2)cc1)C(=O)NCc1nc(C2CC2)no1. The Morgan fingerprint density at radius 3 is 2.56 bits per heavy atom. The molecule has 0 aliphatic heterocycles. The molecule has 1 aliphatic rings. The highest BCUT2D eigenvalue weighted by Gasteiger charge is 2.28. The zero-order chi connectivity index (χ0) is 18.6. The number of rotatable bonds is 7. The summed E-state index contributed by atoms with van der Waals surface area (Å²) in [6.07, 6.45) is 1.59. The average molecular weight is 363 g/mol. The Morgan fingerprint density at radius 1 is 1.15 bits per heavy atom. The minimum Gasteiger partial charge on any atom is -0.481 e. The number of ether oxygens (including phenoxy) is 1. The number of carbonyl (C=O) groups excluding carboxylic acids is 1. The fourth-order valence-corrected chi connectivity index (χ4v) is 2.77. The zero-order valence-corrected chi connectivity index (χ0v) is 15.1. The molecule has 0 saturated heterocycles. The normalized spacial score (nSPS) is 14.6. The second-order valence-corrected chi connectivity index (χ2v) is 6.69. The van der Waals surface area contributed by atoms with Crippen LogP contribution in [-0.4, -0.2) is 22.2 Å². The first-order valence-electron chi connectivity index (χ1n) is 9.11. The summed E-state index contributed by atoms with van der Waals surface area (Å²) < 4.78 is 10.9. The van der Waals surface area contributed by atoms with Gasteiger partial charge in [0.05, 0.1) is 6.54 Å². The van der Waals surface area contributed by atoms with Gasteiger partial charge in [-0.2, -0.15) is 4.98 Å². The molecule has 1 amide bonds. The first kappa shape index (κ1) is 17.3. The van der Waals surface area contributed by atoms with Gasteiger partial charge in [0.25, 0.3) is 5.91 Å². The van der Waals surface area contributed by atoms with Crippen LogP contribution in [0.3, 0.4) is 0 Å². The lowest BCUT2D eigenvalue weighted by Crippen LogP contribution is -2.36. The van der Waals surface area contributed by atoms with Crippen LogP contribution in [-0.2, 0) is 11.3 Å². The molecule has 27 heavy (non-hydrogen) atoms. The summed E-state index contributed by atoms with van der Waals surface area (Å²) >= 11 is 0. The maximum absolute atomic E-state index is 12.2. The predicted octanol–water partition coefficient (Wildman–Crippen LogP) is 3.70. The number of amides is 1. The molecule has 1 saturated carbocycles. The van der Waals surface area contributed by atoms with Gasteiger partial charge in [0, 0.05) is 5.92 Å². The smallest absolute Gasteiger partial charge is 0.261 e. The Morgan fingerprint density at radius 2 is 1.85 bits per heavy atom. The largest absolute Gasteiger partial charge is 0.481 e. The van der Waals surface area contributed by atoms with E-state index in [9.17, 15) is 4.79 Å². The molecule has 1 atom stereocenters. The first-order chi connectivity index (χ1) is 13.2. The number of hydrogen-bond acceptors (Lipinski definition) is 5. The molecule has 6 nitrogen and oxygen atoms in total. The van der Waals surface area contributed by atoms with E-state index in [0.717, 1.165) is 29.8 Å². The summed E-state index contributed by atoms with van der Waals surface area (Å²) in [5.74, 6) is 2.01. The van der Waals surface area contributed by atoms with Crippen molar-refractivity contribution in [2.45, 2.75) is 38.3 Å². The number of benzene rings is 2. The van der Waals surface area contributed by atoms with Gasteiger partial charge in [-0.3, -0.25) is 4.79 Å². The van der Waals surface area contributed by atoms with E-state index in [1.54, 1.807) is 6.92 Å². The van der Waals surface area contributed by atoms with Gasteiger partial charge in [0.2, 0.25) is 5.89 Å². The molecule has 1 heterocycles. The molecule has 1 N–H and O–H groups in total. The highest BCUT2D eigenvalue weighted by atomic mass is 16.5. The first-order valence-corrected chi connectivity index (χ1v) is 9.11.